The Kier molecular flexibility index (Phi) is 4.93. The third-order valence-corrected chi connectivity index (χ3v) is 3.32. The van der Waals surface area contributed by atoms with E-state index in [-0.39, 0.29) is 12.6 Å². The van der Waals surface area contributed by atoms with Crippen LogP contribution in [0.2, 0.25) is 5.02 Å². The molecule has 0 fully saturated rings. The van der Waals surface area contributed by atoms with Gasteiger partial charge in [-0.15, -0.1) is 5.10 Å². The SMILES string of the molecule is CC(C)N(CC(=O)O)Cc1cn(-c2ccc(Cl)cc2)nn1. The number of hydrogen-bond acceptors (Lipinski definition) is 4. The van der Waals surface area contributed by atoms with Gasteiger partial charge in [0.05, 0.1) is 24.1 Å². The summed E-state index contributed by atoms with van der Waals surface area (Å²) in [5.74, 6) is -0.853. The van der Waals surface area contributed by atoms with Crippen molar-refractivity contribution in [2.75, 3.05) is 6.54 Å². The molecule has 21 heavy (non-hydrogen) atoms. The lowest BCUT2D eigenvalue weighted by molar-refractivity contribution is -0.139. The van der Waals surface area contributed by atoms with Gasteiger partial charge in [0.1, 0.15) is 0 Å². The van der Waals surface area contributed by atoms with Crippen molar-refractivity contribution >= 4 is 17.6 Å². The number of carboxylic acids is 1. The molecule has 0 spiro atoms. The third kappa shape index (κ3) is 4.27. The lowest BCUT2D eigenvalue weighted by Crippen LogP contribution is -2.35. The molecule has 1 N–H and O–H groups in total. The summed E-state index contributed by atoms with van der Waals surface area (Å²) in [5, 5.41) is 17.7. The molecule has 112 valence electrons. The molecule has 0 atom stereocenters. The first-order valence-corrected chi connectivity index (χ1v) is 6.96. The van der Waals surface area contributed by atoms with E-state index in [0.29, 0.717) is 11.6 Å². The highest BCUT2D eigenvalue weighted by atomic mass is 35.5. The summed E-state index contributed by atoms with van der Waals surface area (Å²) >= 11 is 5.85. The largest absolute Gasteiger partial charge is 0.480 e. The van der Waals surface area contributed by atoms with Crippen molar-refractivity contribution in [3.63, 3.8) is 0 Å². The maximum absolute atomic E-state index is 10.9. The Morgan fingerprint density at radius 2 is 2.05 bits per heavy atom. The summed E-state index contributed by atoms with van der Waals surface area (Å²) in [4.78, 5) is 12.7. The third-order valence-electron chi connectivity index (χ3n) is 3.07. The van der Waals surface area contributed by atoms with Crippen LogP contribution in [-0.2, 0) is 11.3 Å². The Bertz CT molecular complexity index is 610. The van der Waals surface area contributed by atoms with Gasteiger partial charge in [-0.1, -0.05) is 16.8 Å². The van der Waals surface area contributed by atoms with Gasteiger partial charge < -0.3 is 5.11 Å². The van der Waals surface area contributed by atoms with E-state index in [2.05, 4.69) is 10.3 Å². The summed E-state index contributed by atoms with van der Waals surface area (Å²) in [6.45, 7) is 4.32. The van der Waals surface area contributed by atoms with Crippen molar-refractivity contribution in [3.8, 4) is 5.69 Å². The van der Waals surface area contributed by atoms with Gasteiger partial charge >= 0.3 is 5.97 Å². The number of carboxylic acid groups (broad SMARTS) is 1. The molecule has 0 aliphatic rings. The fourth-order valence-corrected chi connectivity index (χ4v) is 2.02. The summed E-state index contributed by atoms with van der Waals surface area (Å²) in [7, 11) is 0. The maximum Gasteiger partial charge on any atom is 0.317 e. The fourth-order valence-electron chi connectivity index (χ4n) is 1.89. The number of aromatic nitrogens is 3. The maximum atomic E-state index is 10.9. The highest BCUT2D eigenvalue weighted by molar-refractivity contribution is 6.30. The van der Waals surface area contributed by atoms with Crippen LogP contribution in [0.5, 0.6) is 0 Å². The van der Waals surface area contributed by atoms with Crippen LogP contribution < -0.4 is 0 Å². The van der Waals surface area contributed by atoms with E-state index in [4.69, 9.17) is 16.7 Å². The summed E-state index contributed by atoms with van der Waals surface area (Å²) in [6.07, 6.45) is 1.79. The number of rotatable bonds is 6. The Hall–Kier alpha value is -1.92. The normalized spacial score (nSPS) is 11.3. The van der Waals surface area contributed by atoms with Gasteiger partial charge in [0.25, 0.3) is 0 Å². The quantitative estimate of drug-likeness (QED) is 0.886. The second kappa shape index (κ2) is 6.69. The Morgan fingerprint density at radius 3 is 2.62 bits per heavy atom. The van der Waals surface area contributed by atoms with Crippen molar-refractivity contribution in [1.82, 2.24) is 19.9 Å². The zero-order valence-corrected chi connectivity index (χ0v) is 12.7. The molecule has 0 unspecified atom stereocenters. The van der Waals surface area contributed by atoms with Gasteiger partial charge in [0.2, 0.25) is 0 Å². The molecule has 6 nitrogen and oxygen atoms in total. The highest BCUT2D eigenvalue weighted by Gasteiger charge is 2.15. The van der Waals surface area contributed by atoms with Gasteiger partial charge in [0, 0.05) is 17.6 Å². The van der Waals surface area contributed by atoms with Crippen LogP contribution in [-0.4, -0.2) is 43.6 Å². The van der Waals surface area contributed by atoms with E-state index < -0.39 is 5.97 Å². The molecule has 1 aromatic heterocycles. The molecular formula is C14H17ClN4O2. The predicted octanol–water partition coefficient (Wildman–Crippen LogP) is 2.22. The number of carbonyl (C=O) groups is 1. The molecule has 0 amide bonds. The number of halogens is 1. The molecular weight excluding hydrogens is 292 g/mol. The van der Waals surface area contributed by atoms with Crippen LogP contribution in [0.3, 0.4) is 0 Å². The molecule has 7 heteroatoms. The van der Waals surface area contributed by atoms with Crippen LogP contribution in [0, 0.1) is 0 Å². The average Bonchev–Trinajstić information content (AvgIpc) is 2.87. The average molecular weight is 309 g/mol. The topological polar surface area (TPSA) is 71.2 Å². The van der Waals surface area contributed by atoms with Crippen molar-refractivity contribution in [1.29, 1.82) is 0 Å². The van der Waals surface area contributed by atoms with Crippen LogP contribution >= 0.6 is 11.6 Å². The summed E-state index contributed by atoms with van der Waals surface area (Å²) < 4.78 is 1.64. The molecule has 0 saturated carbocycles. The molecule has 0 saturated heterocycles. The first-order valence-electron chi connectivity index (χ1n) is 6.58. The van der Waals surface area contributed by atoms with Crippen LogP contribution in [0.4, 0.5) is 0 Å². The highest BCUT2D eigenvalue weighted by Crippen LogP contribution is 2.13. The van der Waals surface area contributed by atoms with E-state index in [9.17, 15) is 4.79 Å². The standard InChI is InChI=1S/C14H17ClN4O2/c1-10(2)18(9-14(20)21)7-12-8-19(17-16-12)13-5-3-11(15)4-6-13/h3-6,8,10H,7,9H2,1-2H3,(H,20,21). The first kappa shape index (κ1) is 15.5. The number of benzene rings is 1. The predicted molar refractivity (Wildman–Crippen MR) is 79.6 cm³/mol. The minimum absolute atomic E-state index is 0.0223. The molecule has 2 rings (SSSR count). The first-order chi connectivity index (χ1) is 9.95. The van der Waals surface area contributed by atoms with Crippen molar-refractivity contribution in [3.05, 3.63) is 41.2 Å². The summed E-state index contributed by atoms with van der Waals surface area (Å²) in [6, 6.07) is 7.37. The lowest BCUT2D eigenvalue weighted by atomic mass is 10.3. The molecule has 1 heterocycles. The van der Waals surface area contributed by atoms with Gasteiger partial charge in [-0.05, 0) is 38.1 Å². The number of aliphatic carboxylic acids is 1. The lowest BCUT2D eigenvalue weighted by Gasteiger charge is -2.22. The van der Waals surface area contributed by atoms with E-state index in [1.807, 2.05) is 30.9 Å². The molecule has 0 aliphatic heterocycles. The minimum Gasteiger partial charge on any atom is -0.480 e. The zero-order chi connectivity index (χ0) is 15.4. The second-order valence-electron chi connectivity index (χ2n) is 5.02. The van der Waals surface area contributed by atoms with E-state index >= 15 is 0 Å². The van der Waals surface area contributed by atoms with Crippen LogP contribution in [0.25, 0.3) is 5.69 Å². The molecule has 0 radical (unpaired) electrons. The van der Waals surface area contributed by atoms with Gasteiger partial charge in [0.15, 0.2) is 0 Å². The molecule has 0 bridgehead atoms. The Balaban J connectivity index is 2.11. The zero-order valence-electron chi connectivity index (χ0n) is 11.9. The summed E-state index contributed by atoms with van der Waals surface area (Å²) in [5.41, 5.74) is 1.58. The van der Waals surface area contributed by atoms with Crippen molar-refractivity contribution in [2.45, 2.75) is 26.4 Å². The smallest absolute Gasteiger partial charge is 0.317 e. The van der Waals surface area contributed by atoms with E-state index in [1.165, 1.54) is 0 Å². The molecule has 2 aromatic rings. The Morgan fingerprint density at radius 1 is 1.38 bits per heavy atom. The minimum atomic E-state index is -0.853. The molecule has 1 aromatic carbocycles. The molecule has 0 aliphatic carbocycles. The fraction of sp³-hybridized carbons (Fsp3) is 0.357. The van der Waals surface area contributed by atoms with Crippen LogP contribution in [0.15, 0.2) is 30.5 Å². The second-order valence-corrected chi connectivity index (χ2v) is 5.46. The number of hydrogen-bond donors (Lipinski definition) is 1. The monoisotopic (exact) mass is 308 g/mol. The van der Waals surface area contributed by atoms with E-state index in [0.717, 1.165) is 11.4 Å². The van der Waals surface area contributed by atoms with Crippen molar-refractivity contribution in [2.24, 2.45) is 0 Å². The van der Waals surface area contributed by atoms with Gasteiger partial charge in [-0.2, -0.15) is 0 Å². The Labute approximate surface area is 127 Å². The van der Waals surface area contributed by atoms with E-state index in [1.54, 1.807) is 23.0 Å². The van der Waals surface area contributed by atoms with Crippen LogP contribution in [0.1, 0.15) is 19.5 Å². The van der Waals surface area contributed by atoms with Gasteiger partial charge in [-0.3, -0.25) is 9.69 Å². The number of nitrogens with zero attached hydrogens (tertiary/aromatic N) is 4. The van der Waals surface area contributed by atoms with Gasteiger partial charge in [-0.25, -0.2) is 4.68 Å². The van der Waals surface area contributed by atoms with Crippen molar-refractivity contribution < 1.29 is 9.90 Å².